The number of nitro benzene ring substituents is 1. The normalized spacial score (nSPS) is 16.9. The molecule has 0 spiro atoms. The summed E-state index contributed by atoms with van der Waals surface area (Å²) in [4.78, 5) is 17.2. The van der Waals surface area contributed by atoms with Gasteiger partial charge in [0.05, 0.1) is 47.5 Å². The number of nitrogens with zero attached hydrogens (tertiary/aromatic N) is 3. The van der Waals surface area contributed by atoms with Crippen molar-refractivity contribution < 1.29 is 18.8 Å². The van der Waals surface area contributed by atoms with Gasteiger partial charge in [-0.3, -0.25) is 15.1 Å². The standard InChI is InChI=1S/C26H21ClN4O5S/c1-34-21-9-7-15(13-18(21)27)30-25(24(29-26(30)37)19-5-3-4-12-28-19)22-11-10-20(36-22)17-8-6-16(31(32)33)14-23(17)35-2/h3-14,24-25H,1-2H3,(H,29,37)/t24-,25+/m0/s1. The van der Waals surface area contributed by atoms with Crippen LogP contribution in [0, 0.1) is 10.1 Å². The minimum Gasteiger partial charge on any atom is -0.496 e. The highest BCUT2D eigenvalue weighted by Crippen LogP contribution is 2.45. The first-order valence-corrected chi connectivity index (χ1v) is 12.0. The van der Waals surface area contributed by atoms with Crippen LogP contribution in [0.5, 0.6) is 11.5 Å². The smallest absolute Gasteiger partial charge is 0.273 e. The maximum Gasteiger partial charge on any atom is 0.273 e. The highest BCUT2D eigenvalue weighted by atomic mass is 35.5. The van der Waals surface area contributed by atoms with Crippen molar-refractivity contribution in [2.45, 2.75) is 12.1 Å². The van der Waals surface area contributed by atoms with Crippen molar-refractivity contribution in [3.05, 3.63) is 99.5 Å². The van der Waals surface area contributed by atoms with Gasteiger partial charge >= 0.3 is 0 Å². The zero-order valence-electron chi connectivity index (χ0n) is 19.8. The van der Waals surface area contributed by atoms with E-state index in [0.717, 1.165) is 11.4 Å². The molecule has 188 valence electrons. The predicted octanol–water partition coefficient (Wildman–Crippen LogP) is 6.10. The van der Waals surface area contributed by atoms with Crippen molar-refractivity contribution in [3.63, 3.8) is 0 Å². The Morgan fingerprint density at radius 3 is 2.57 bits per heavy atom. The third-order valence-corrected chi connectivity index (χ3v) is 6.70. The van der Waals surface area contributed by atoms with E-state index in [4.69, 9.17) is 37.7 Å². The zero-order valence-corrected chi connectivity index (χ0v) is 21.3. The Kier molecular flexibility index (Phi) is 6.68. The molecule has 1 fully saturated rings. The SMILES string of the molecule is COc1ccc(N2C(=S)N[C@@H](c3ccccn3)[C@H]2c2ccc(-c3ccc([N+](=O)[O-])cc3OC)o2)cc1Cl. The molecular weight excluding hydrogens is 516 g/mol. The fourth-order valence-corrected chi connectivity index (χ4v) is 4.98. The second kappa shape index (κ2) is 10.1. The summed E-state index contributed by atoms with van der Waals surface area (Å²) >= 11 is 12.2. The number of thiocarbonyl (C=S) groups is 1. The van der Waals surface area contributed by atoms with Gasteiger partial charge < -0.3 is 24.1 Å². The number of ether oxygens (including phenoxy) is 2. The Balaban J connectivity index is 1.60. The van der Waals surface area contributed by atoms with Gasteiger partial charge in [-0.25, -0.2) is 0 Å². The third-order valence-electron chi connectivity index (χ3n) is 6.09. The van der Waals surface area contributed by atoms with E-state index < -0.39 is 11.0 Å². The molecule has 0 aliphatic carbocycles. The number of methoxy groups -OCH3 is 2. The molecule has 3 heterocycles. The number of hydrogen-bond donors (Lipinski definition) is 1. The molecule has 2 aromatic heterocycles. The summed E-state index contributed by atoms with van der Waals surface area (Å²) in [5.74, 6) is 1.97. The molecule has 4 aromatic rings. The molecule has 2 aromatic carbocycles. The number of benzene rings is 2. The maximum absolute atomic E-state index is 11.2. The van der Waals surface area contributed by atoms with Crippen LogP contribution in [-0.2, 0) is 0 Å². The number of nitro groups is 1. The van der Waals surface area contributed by atoms with Gasteiger partial charge in [-0.2, -0.15) is 0 Å². The van der Waals surface area contributed by atoms with E-state index in [2.05, 4.69) is 10.3 Å². The molecule has 0 radical (unpaired) electrons. The van der Waals surface area contributed by atoms with E-state index in [9.17, 15) is 10.1 Å². The number of pyridine rings is 1. The van der Waals surface area contributed by atoms with Crippen LogP contribution in [0.3, 0.4) is 0 Å². The summed E-state index contributed by atoms with van der Waals surface area (Å²) in [6, 6.07) is 18.4. The number of aromatic nitrogens is 1. The molecule has 2 atom stereocenters. The molecule has 1 aliphatic rings. The zero-order chi connectivity index (χ0) is 26.1. The summed E-state index contributed by atoms with van der Waals surface area (Å²) < 4.78 is 17.1. The lowest BCUT2D eigenvalue weighted by Crippen LogP contribution is -2.29. The van der Waals surface area contributed by atoms with E-state index in [0.29, 0.717) is 38.7 Å². The third kappa shape index (κ3) is 4.56. The first-order valence-electron chi connectivity index (χ1n) is 11.2. The van der Waals surface area contributed by atoms with E-state index in [1.807, 2.05) is 35.2 Å². The van der Waals surface area contributed by atoms with Gasteiger partial charge in [0, 0.05) is 18.0 Å². The van der Waals surface area contributed by atoms with E-state index >= 15 is 0 Å². The van der Waals surface area contributed by atoms with Crippen LogP contribution in [-0.4, -0.2) is 29.2 Å². The molecule has 0 saturated carbocycles. The fourth-order valence-electron chi connectivity index (χ4n) is 4.38. The Morgan fingerprint density at radius 2 is 1.89 bits per heavy atom. The van der Waals surface area contributed by atoms with Gasteiger partial charge in [0.2, 0.25) is 0 Å². The lowest BCUT2D eigenvalue weighted by atomic mass is 10.0. The molecular formula is C26H21ClN4O5S. The van der Waals surface area contributed by atoms with Crippen molar-refractivity contribution in [2.24, 2.45) is 0 Å². The topological polar surface area (TPSA) is 103 Å². The quantitative estimate of drug-likeness (QED) is 0.170. The molecule has 0 bridgehead atoms. The van der Waals surface area contributed by atoms with E-state index in [1.54, 1.807) is 37.6 Å². The number of rotatable bonds is 7. The van der Waals surface area contributed by atoms with Crippen molar-refractivity contribution in [3.8, 4) is 22.8 Å². The van der Waals surface area contributed by atoms with Gasteiger partial charge in [0.25, 0.3) is 5.69 Å². The number of anilines is 1. The fraction of sp³-hybridized carbons (Fsp3) is 0.154. The van der Waals surface area contributed by atoms with Gasteiger partial charge in [0.15, 0.2) is 5.11 Å². The van der Waals surface area contributed by atoms with Crippen molar-refractivity contribution in [1.29, 1.82) is 0 Å². The van der Waals surface area contributed by atoms with Crippen LogP contribution in [0.15, 0.2) is 77.3 Å². The summed E-state index contributed by atoms with van der Waals surface area (Å²) in [6.07, 6.45) is 1.72. The van der Waals surface area contributed by atoms with Gasteiger partial charge in [-0.15, -0.1) is 0 Å². The van der Waals surface area contributed by atoms with Crippen LogP contribution in [0.1, 0.15) is 23.5 Å². The average Bonchev–Trinajstić information content (AvgIpc) is 3.53. The van der Waals surface area contributed by atoms with Crippen molar-refractivity contribution >= 4 is 40.3 Å². The van der Waals surface area contributed by atoms with Gasteiger partial charge in [-0.1, -0.05) is 17.7 Å². The molecule has 37 heavy (non-hydrogen) atoms. The summed E-state index contributed by atoms with van der Waals surface area (Å²) in [5, 5.41) is 15.5. The summed E-state index contributed by atoms with van der Waals surface area (Å²) in [6.45, 7) is 0. The van der Waals surface area contributed by atoms with Crippen molar-refractivity contribution in [1.82, 2.24) is 10.3 Å². The van der Waals surface area contributed by atoms with E-state index in [1.165, 1.54) is 19.2 Å². The highest BCUT2D eigenvalue weighted by Gasteiger charge is 2.42. The monoisotopic (exact) mass is 536 g/mol. The van der Waals surface area contributed by atoms with Crippen LogP contribution < -0.4 is 19.7 Å². The molecule has 5 rings (SSSR count). The van der Waals surface area contributed by atoms with Crippen LogP contribution in [0.25, 0.3) is 11.3 Å². The largest absolute Gasteiger partial charge is 0.496 e. The minimum absolute atomic E-state index is 0.0736. The number of hydrogen-bond acceptors (Lipinski definition) is 7. The van der Waals surface area contributed by atoms with Gasteiger partial charge in [0.1, 0.15) is 29.1 Å². The Morgan fingerprint density at radius 1 is 1.08 bits per heavy atom. The van der Waals surface area contributed by atoms with Crippen LogP contribution in [0.2, 0.25) is 5.02 Å². The number of nitrogens with one attached hydrogen (secondary N) is 1. The summed E-state index contributed by atoms with van der Waals surface area (Å²) in [5.41, 5.74) is 2.04. The number of furan rings is 1. The molecule has 0 unspecified atom stereocenters. The molecule has 0 amide bonds. The Hall–Kier alpha value is -4.15. The second-order valence-electron chi connectivity index (χ2n) is 8.16. The molecule has 9 nitrogen and oxygen atoms in total. The minimum atomic E-state index is -0.472. The lowest BCUT2D eigenvalue weighted by Gasteiger charge is -2.26. The average molecular weight is 537 g/mol. The lowest BCUT2D eigenvalue weighted by molar-refractivity contribution is -0.384. The molecule has 1 saturated heterocycles. The first-order chi connectivity index (χ1) is 17.9. The second-order valence-corrected chi connectivity index (χ2v) is 8.95. The first kappa shape index (κ1) is 24.5. The summed E-state index contributed by atoms with van der Waals surface area (Å²) in [7, 11) is 3.01. The molecule has 1 aliphatic heterocycles. The maximum atomic E-state index is 11.2. The Labute approximate surface area is 222 Å². The number of non-ortho nitro benzene ring substituents is 1. The predicted molar refractivity (Wildman–Crippen MR) is 143 cm³/mol. The van der Waals surface area contributed by atoms with Crippen molar-refractivity contribution in [2.75, 3.05) is 19.1 Å². The molecule has 11 heteroatoms. The van der Waals surface area contributed by atoms with Crippen LogP contribution >= 0.6 is 23.8 Å². The number of halogens is 1. The highest BCUT2D eigenvalue weighted by molar-refractivity contribution is 7.80. The molecule has 1 N–H and O–H groups in total. The van der Waals surface area contributed by atoms with Gasteiger partial charge in [-0.05, 0) is 60.7 Å². The Bertz CT molecular complexity index is 1480. The van der Waals surface area contributed by atoms with E-state index in [-0.39, 0.29) is 11.7 Å². The van der Waals surface area contributed by atoms with Crippen LogP contribution in [0.4, 0.5) is 11.4 Å².